The lowest BCUT2D eigenvalue weighted by Gasteiger charge is -2.17. The van der Waals surface area contributed by atoms with E-state index in [2.05, 4.69) is 68.9 Å². The third-order valence-corrected chi connectivity index (χ3v) is 3.44. The van der Waals surface area contributed by atoms with Crippen LogP contribution in [0.4, 0.5) is 5.69 Å². The molecule has 0 unspecified atom stereocenters. The van der Waals surface area contributed by atoms with E-state index >= 15 is 0 Å². The monoisotopic (exact) mass is 305 g/mol. The maximum Gasteiger partial charge on any atom is 0.0375 e. The van der Waals surface area contributed by atoms with Crippen LogP contribution in [0.3, 0.4) is 0 Å². The first-order chi connectivity index (χ1) is 6.19. The molecule has 1 rings (SSSR count). The summed E-state index contributed by atoms with van der Waals surface area (Å²) >= 11 is 6.99. The summed E-state index contributed by atoms with van der Waals surface area (Å²) in [5.74, 6) is 0. The topological polar surface area (TPSA) is 3.24 Å². The maximum atomic E-state index is 3.55. The molecule has 0 heterocycles. The van der Waals surface area contributed by atoms with Crippen molar-refractivity contribution in [2.24, 2.45) is 0 Å². The molecule has 0 aliphatic carbocycles. The molecule has 0 radical (unpaired) electrons. The van der Waals surface area contributed by atoms with Gasteiger partial charge >= 0.3 is 0 Å². The average Bonchev–Trinajstić information content (AvgIpc) is 2.16. The molecule has 0 spiro atoms. The van der Waals surface area contributed by atoms with Crippen molar-refractivity contribution >= 4 is 37.5 Å². The van der Waals surface area contributed by atoms with Crippen LogP contribution in [0.1, 0.15) is 12.5 Å². The molecule has 0 aromatic heterocycles. The predicted molar refractivity (Wildman–Crippen MR) is 65.7 cm³/mol. The van der Waals surface area contributed by atoms with Crippen LogP contribution in [0.5, 0.6) is 0 Å². The second kappa shape index (κ2) is 5.01. The summed E-state index contributed by atoms with van der Waals surface area (Å²) in [5.41, 5.74) is 2.53. The van der Waals surface area contributed by atoms with E-state index in [1.807, 2.05) is 0 Å². The summed E-state index contributed by atoms with van der Waals surface area (Å²) < 4.78 is 1.17. The largest absolute Gasteiger partial charge is 0.375 e. The lowest BCUT2D eigenvalue weighted by atomic mass is 10.2. The van der Waals surface area contributed by atoms with Gasteiger partial charge in [-0.05, 0) is 24.6 Å². The number of halogens is 2. The molecule has 0 bridgehead atoms. The fourth-order valence-electron chi connectivity index (χ4n) is 1.06. The molecule has 0 N–H and O–H groups in total. The van der Waals surface area contributed by atoms with E-state index in [4.69, 9.17) is 0 Å². The number of hydrogen-bond acceptors (Lipinski definition) is 1. The van der Waals surface area contributed by atoms with Crippen molar-refractivity contribution in [3.63, 3.8) is 0 Å². The Labute approximate surface area is 96.4 Å². The van der Waals surface area contributed by atoms with Crippen LogP contribution >= 0.6 is 31.9 Å². The second-order valence-corrected chi connectivity index (χ2v) is 4.34. The summed E-state index contributed by atoms with van der Waals surface area (Å²) in [6.07, 6.45) is 0. The zero-order valence-electron chi connectivity index (χ0n) is 7.85. The van der Waals surface area contributed by atoms with E-state index in [0.717, 1.165) is 11.9 Å². The summed E-state index contributed by atoms with van der Waals surface area (Å²) in [7, 11) is 2.09. The average molecular weight is 307 g/mol. The second-order valence-electron chi connectivity index (χ2n) is 2.92. The highest BCUT2D eigenvalue weighted by molar-refractivity contribution is 9.10. The van der Waals surface area contributed by atoms with Gasteiger partial charge in [-0.3, -0.25) is 0 Å². The Bertz CT molecular complexity index is 286. The molecule has 0 fully saturated rings. The molecule has 1 aromatic carbocycles. The van der Waals surface area contributed by atoms with Gasteiger partial charge in [-0.15, -0.1) is 0 Å². The Kier molecular flexibility index (Phi) is 4.26. The van der Waals surface area contributed by atoms with E-state index in [0.29, 0.717) is 0 Å². The van der Waals surface area contributed by atoms with Gasteiger partial charge in [-0.2, -0.15) is 0 Å². The Morgan fingerprint density at radius 2 is 2.08 bits per heavy atom. The minimum atomic E-state index is 0.893. The van der Waals surface area contributed by atoms with Crippen molar-refractivity contribution in [2.45, 2.75) is 12.3 Å². The Hall–Kier alpha value is -0.0200. The highest BCUT2D eigenvalue weighted by Crippen LogP contribution is 2.24. The van der Waals surface area contributed by atoms with E-state index in [1.165, 1.54) is 15.7 Å². The number of nitrogens with zero attached hydrogens (tertiary/aromatic N) is 1. The first-order valence-electron chi connectivity index (χ1n) is 4.24. The fourth-order valence-corrected chi connectivity index (χ4v) is 2.44. The molecule has 0 atom stereocenters. The van der Waals surface area contributed by atoms with E-state index < -0.39 is 0 Å². The Balaban J connectivity index is 2.95. The molecular weight excluding hydrogens is 294 g/mol. The minimum absolute atomic E-state index is 0.893. The molecule has 72 valence electrons. The molecule has 3 heteroatoms. The number of hydrogen-bond donors (Lipinski definition) is 0. The van der Waals surface area contributed by atoms with Crippen LogP contribution in [0.25, 0.3) is 0 Å². The van der Waals surface area contributed by atoms with Crippen molar-refractivity contribution in [3.05, 3.63) is 28.2 Å². The highest BCUT2D eigenvalue weighted by atomic mass is 79.9. The van der Waals surface area contributed by atoms with Crippen LogP contribution in [0.15, 0.2) is 22.7 Å². The van der Waals surface area contributed by atoms with Crippen LogP contribution in [-0.2, 0) is 5.33 Å². The summed E-state index contributed by atoms with van der Waals surface area (Å²) in [6, 6.07) is 6.44. The van der Waals surface area contributed by atoms with Gasteiger partial charge in [0, 0.05) is 29.1 Å². The molecule has 1 aromatic rings. The third kappa shape index (κ3) is 2.71. The van der Waals surface area contributed by atoms with Gasteiger partial charge < -0.3 is 4.90 Å². The SMILES string of the molecule is CCN(C)c1ccc(CBr)c(Br)c1. The van der Waals surface area contributed by atoms with Crippen molar-refractivity contribution < 1.29 is 0 Å². The molecule has 0 aliphatic rings. The lowest BCUT2D eigenvalue weighted by molar-refractivity contribution is 0.967. The van der Waals surface area contributed by atoms with Crippen molar-refractivity contribution in [1.82, 2.24) is 0 Å². The number of rotatable bonds is 3. The van der Waals surface area contributed by atoms with Gasteiger partial charge in [0.2, 0.25) is 0 Å². The van der Waals surface area contributed by atoms with Crippen LogP contribution in [-0.4, -0.2) is 13.6 Å². The lowest BCUT2D eigenvalue weighted by Crippen LogP contribution is -2.15. The van der Waals surface area contributed by atoms with Crippen LogP contribution in [0, 0.1) is 0 Å². The summed E-state index contributed by atoms with van der Waals surface area (Å²) in [5, 5.41) is 0.893. The van der Waals surface area contributed by atoms with Gasteiger partial charge in [0.05, 0.1) is 0 Å². The number of alkyl halides is 1. The normalized spacial score (nSPS) is 10.2. The predicted octanol–water partition coefficient (Wildman–Crippen LogP) is 3.80. The molecule has 0 saturated heterocycles. The van der Waals surface area contributed by atoms with Gasteiger partial charge in [0.1, 0.15) is 0 Å². The zero-order chi connectivity index (χ0) is 9.84. The summed E-state index contributed by atoms with van der Waals surface area (Å²) in [4.78, 5) is 2.21. The standard InChI is InChI=1S/C10H13Br2N/c1-3-13(2)9-5-4-8(7-11)10(12)6-9/h4-6H,3,7H2,1-2H3. The summed E-state index contributed by atoms with van der Waals surface area (Å²) in [6.45, 7) is 3.17. The Morgan fingerprint density at radius 1 is 1.38 bits per heavy atom. The van der Waals surface area contributed by atoms with Gasteiger partial charge in [0.15, 0.2) is 0 Å². The van der Waals surface area contributed by atoms with E-state index in [1.54, 1.807) is 0 Å². The maximum absolute atomic E-state index is 3.55. The fraction of sp³-hybridized carbons (Fsp3) is 0.400. The van der Waals surface area contributed by atoms with Crippen molar-refractivity contribution in [2.75, 3.05) is 18.5 Å². The van der Waals surface area contributed by atoms with Crippen LogP contribution < -0.4 is 4.90 Å². The van der Waals surface area contributed by atoms with Gasteiger partial charge in [0.25, 0.3) is 0 Å². The van der Waals surface area contributed by atoms with Crippen molar-refractivity contribution in [3.8, 4) is 0 Å². The van der Waals surface area contributed by atoms with Crippen LogP contribution in [0.2, 0.25) is 0 Å². The quantitative estimate of drug-likeness (QED) is 0.768. The number of anilines is 1. The van der Waals surface area contributed by atoms with E-state index in [9.17, 15) is 0 Å². The molecule has 0 saturated carbocycles. The molecular formula is C10H13Br2N. The smallest absolute Gasteiger partial charge is 0.0375 e. The van der Waals surface area contributed by atoms with Gasteiger partial charge in [-0.1, -0.05) is 37.9 Å². The number of benzene rings is 1. The third-order valence-electron chi connectivity index (χ3n) is 2.10. The molecule has 1 nitrogen and oxygen atoms in total. The van der Waals surface area contributed by atoms with E-state index in [-0.39, 0.29) is 0 Å². The minimum Gasteiger partial charge on any atom is -0.375 e. The molecule has 13 heavy (non-hydrogen) atoms. The highest BCUT2D eigenvalue weighted by Gasteiger charge is 2.02. The van der Waals surface area contributed by atoms with Gasteiger partial charge in [-0.25, -0.2) is 0 Å². The first kappa shape index (κ1) is 11.1. The Morgan fingerprint density at radius 3 is 2.54 bits per heavy atom. The first-order valence-corrected chi connectivity index (χ1v) is 6.16. The zero-order valence-corrected chi connectivity index (χ0v) is 11.0. The van der Waals surface area contributed by atoms with Crippen molar-refractivity contribution in [1.29, 1.82) is 0 Å². The molecule has 0 amide bonds. The molecule has 0 aliphatic heterocycles.